The molecule has 0 saturated carbocycles. The number of hydrogen-bond donors (Lipinski definition) is 2. The number of hydrogen-bond acceptors (Lipinski definition) is 4. The van der Waals surface area contributed by atoms with Crippen molar-refractivity contribution in [1.29, 1.82) is 0 Å². The first kappa shape index (κ1) is 12.9. The van der Waals surface area contributed by atoms with Gasteiger partial charge in [-0.1, -0.05) is 0 Å². The van der Waals surface area contributed by atoms with E-state index in [0.29, 0.717) is 25.8 Å². The summed E-state index contributed by atoms with van der Waals surface area (Å²) in [6.45, 7) is 1.96. The zero-order valence-electron chi connectivity index (χ0n) is 9.93. The first-order chi connectivity index (χ1) is 8.50. The molecule has 2 amide bonds. The Kier molecular flexibility index (Phi) is 3.60. The molecule has 6 nitrogen and oxygen atoms in total. The lowest BCUT2D eigenvalue weighted by molar-refractivity contribution is -0.145. The molecule has 2 N–H and O–H groups in total. The van der Waals surface area contributed by atoms with Crippen LogP contribution in [0.2, 0.25) is 0 Å². The van der Waals surface area contributed by atoms with Gasteiger partial charge >= 0.3 is 5.97 Å². The molecule has 0 aliphatic carbocycles. The van der Waals surface area contributed by atoms with E-state index in [4.69, 9.17) is 5.11 Å². The lowest BCUT2D eigenvalue weighted by Crippen LogP contribution is -2.48. The van der Waals surface area contributed by atoms with Crippen LogP contribution in [-0.2, 0) is 14.4 Å². The number of nitrogens with zero attached hydrogens (tertiary/aromatic N) is 1. The molecule has 18 heavy (non-hydrogen) atoms. The summed E-state index contributed by atoms with van der Waals surface area (Å²) in [6, 6.07) is 0. The van der Waals surface area contributed by atoms with Crippen molar-refractivity contribution < 1.29 is 19.5 Å². The maximum absolute atomic E-state index is 11.3. The van der Waals surface area contributed by atoms with Crippen LogP contribution in [0.15, 0.2) is 10.6 Å². The molecular weight excluding hydrogens is 256 g/mol. The molecule has 2 aliphatic rings. The molecule has 2 rings (SSSR count). The number of carbonyl (C=O) groups is 3. The van der Waals surface area contributed by atoms with E-state index < -0.39 is 5.97 Å². The Hall–Kier alpha value is -1.50. The van der Waals surface area contributed by atoms with Crippen LogP contribution < -0.4 is 5.32 Å². The molecule has 0 bridgehead atoms. The quantitative estimate of drug-likeness (QED) is 0.561. The fourth-order valence-electron chi connectivity index (χ4n) is 2.02. The largest absolute Gasteiger partial charge is 0.477 e. The SMILES string of the molecule is CC(=O)NCCCC1=C(C(=O)O)N2C(=O)C[C@@H]2S1. The van der Waals surface area contributed by atoms with Crippen LogP contribution >= 0.6 is 11.8 Å². The van der Waals surface area contributed by atoms with E-state index in [1.54, 1.807) is 0 Å². The minimum atomic E-state index is -1.05. The number of aliphatic carboxylic acids is 1. The molecular formula is C11H14N2O4S. The van der Waals surface area contributed by atoms with Gasteiger partial charge in [-0.3, -0.25) is 14.5 Å². The molecule has 7 heteroatoms. The molecule has 1 fully saturated rings. The topological polar surface area (TPSA) is 86.7 Å². The highest BCUT2D eigenvalue weighted by molar-refractivity contribution is 8.04. The predicted molar refractivity (Wildman–Crippen MR) is 65.4 cm³/mol. The average molecular weight is 270 g/mol. The number of amides is 2. The number of fused-ring (bicyclic) bond motifs is 1. The summed E-state index contributed by atoms with van der Waals surface area (Å²) in [4.78, 5) is 35.3. The number of β-lactam (4-membered cyclic amide) rings is 1. The molecule has 98 valence electrons. The third-order valence-corrected chi connectivity index (χ3v) is 4.18. The zero-order valence-corrected chi connectivity index (χ0v) is 10.7. The number of allylic oxidation sites excluding steroid dienone is 1. The van der Waals surface area contributed by atoms with Crippen LogP contribution in [0.3, 0.4) is 0 Å². The number of carboxylic acids is 1. The number of nitrogens with one attached hydrogen (secondary N) is 1. The summed E-state index contributed by atoms with van der Waals surface area (Å²) < 4.78 is 0. The highest BCUT2D eigenvalue weighted by Gasteiger charge is 2.47. The van der Waals surface area contributed by atoms with Crippen LogP contribution in [0.4, 0.5) is 0 Å². The highest BCUT2D eigenvalue weighted by atomic mass is 32.2. The maximum Gasteiger partial charge on any atom is 0.353 e. The van der Waals surface area contributed by atoms with Crippen molar-refractivity contribution in [3.05, 3.63) is 10.6 Å². The second kappa shape index (κ2) is 5.01. The van der Waals surface area contributed by atoms with Gasteiger partial charge in [-0.25, -0.2) is 4.79 Å². The Balaban J connectivity index is 1.96. The van der Waals surface area contributed by atoms with E-state index in [-0.39, 0.29) is 22.9 Å². The van der Waals surface area contributed by atoms with E-state index in [2.05, 4.69) is 5.32 Å². The minimum absolute atomic E-state index is 0.0284. The highest BCUT2D eigenvalue weighted by Crippen LogP contribution is 2.47. The summed E-state index contributed by atoms with van der Waals surface area (Å²) in [7, 11) is 0. The monoisotopic (exact) mass is 270 g/mol. The Labute approximate surface area is 108 Å². The van der Waals surface area contributed by atoms with Gasteiger partial charge in [0.25, 0.3) is 0 Å². The van der Waals surface area contributed by atoms with Crippen molar-refractivity contribution in [3.63, 3.8) is 0 Å². The molecule has 0 aromatic rings. The molecule has 1 atom stereocenters. The standard InChI is InChI=1S/C11H14N2O4S/c1-6(14)12-4-2-3-7-10(11(16)17)13-8(15)5-9(13)18-7/h9H,2-5H2,1H3,(H,12,14)(H,16,17)/t9-/m0/s1. The second-order valence-corrected chi connectivity index (χ2v) is 5.48. The summed E-state index contributed by atoms with van der Waals surface area (Å²) in [6.07, 6.45) is 1.66. The second-order valence-electron chi connectivity index (χ2n) is 4.20. The fraction of sp³-hybridized carbons (Fsp3) is 0.545. The molecule has 1 saturated heterocycles. The maximum atomic E-state index is 11.3. The third kappa shape index (κ3) is 2.35. The molecule has 0 spiro atoms. The summed E-state index contributed by atoms with van der Waals surface area (Å²) >= 11 is 1.45. The van der Waals surface area contributed by atoms with Gasteiger partial charge in [-0.15, -0.1) is 11.8 Å². The van der Waals surface area contributed by atoms with Gasteiger partial charge < -0.3 is 10.4 Å². The van der Waals surface area contributed by atoms with Gasteiger partial charge in [0.2, 0.25) is 11.8 Å². The molecule has 0 aromatic carbocycles. The predicted octanol–water partition coefficient (Wildman–Crippen LogP) is 0.504. The Morgan fingerprint density at radius 3 is 2.83 bits per heavy atom. The number of rotatable bonds is 5. The van der Waals surface area contributed by atoms with E-state index in [9.17, 15) is 14.4 Å². The first-order valence-electron chi connectivity index (χ1n) is 5.70. The number of carbonyl (C=O) groups excluding carboxylic acids is 2. The average Bonchev–Trinajstić information content (AvgIpc) is 2.57. The van der Waals surface area contributed by atoms with Crippen LogP contribution in [-0.4, -0.2) is 39.7 Å². The van der Waals surface area contributed by atoms with Gasteiger partial charge in [-0.05, 0) is 12.8 Å². The summed E-state index contributed by atoms with van der Waals surface area (Å²) in [5, 5.41) is 11.8. The summed E-state index contributed by atoms with van der Waals surface area (Å²) in [5.41, 5.74) is 0.129. The van der Waals surface area contributed by atoms with Crippen molar-refractivity contribution in [3.8, 4) is 0 Å². The lowest BCUT2D eigenvalue weighted by Gasteiger charge is -2.33. The van der Waals surface area contributed by atoms with E-state index in [1.165, 1.54) is 23.6 Å². The molecule has 2 heterocycles. The van der Waals surface area contributed by atoms with Crippen molar-refractivity contribution in [2.24, 2.45) is 0 Å². The summed E-state index contributed by atoms with van der Waals surface area (Å²) in [5.74, 6) is -1.27. The van der Waals surface area contributed by atoms with Crippen molar-refractivity contribution in [1.82, 2.24) is 10.2 Å². The van der Waals surface area contributed by atoms with Crippen LogP contribution in [0, 0.1) is 0 Å². The number of thioether (sulfide) groups is 1. The Morgan fingerprint density at radius 1 is 1.56 bits per heavy atom. The van der Waals surface area contributed by atoms with Crippen LogP contribution in [0.25, 0.3) is 0 Å². The molecule has 0 aromatic heterocycles. The zero-order chi connectivity index (χ0) is 13.3. The lowest BCUT2D eigenvalue weighted by atomic mass is 10.1. The Bertz CT molecular complexity index is 446. The minimum Gasteiger partial charge on any atom is -0.477 e. The van der Waals surface area contributed by atoms with Gasteiger partial charge in [-0.2, -0.15) is 0 Å². The molecule has 0 unspecified atom stereocenters. The smallest absolute Gasteiger partial charge is 0.353 e. The van der Waals surface area contributed by atoms with Gasteiger partial charge in [0.05, 0.1) is 11.8 Å². The van der Waals surface area contributed by atoms with E-state index in [0.717, 1.165) is 4.91 Å². The van der Waals surface area contributed by atoms with Crippen LogP contribution in [0.5, 0.6) is 0 Å². The third-order valence-electron chi connectivity index (χ3n) is 2.85. The normalized spacial score (nSPS) is 21.7. The Morgan fingerprint density at radius 2 is 2.28 bits per heavy atom. The van der Waals surface area contributed by atoms with Gasteiger partial charge in [0.15, 0.2) is 0 Å². The molecule has 2 aliphatic heterocycles. The number of carboxylic acid groups (broad SMARTS) is 1. The van der Waals surface area contributed by atoms with Crippen molar-refractivity contribution in [2.45, 2.75) is 31.6 Å². The van der Waals surface area contributed by atoms with Crippen LogP contribution in [0.1, 0.15) is 26.2 Å². The first-order valence-corrected chi connectivity index (χ1v) is 6.58. The fourth-order valence-corrected chi connectivity index (χ4v) is 3.46. The van der Waals surface area contributed by atoms with E-state index in [1.807, 2.05) is 0 Å². The van der Waals surface area contributed by atoms with Gasteiger partial charge in [0, 0.05) is 18.4 Å². The van der Waals surface area contributed by atoms with Gasteiger partial charge in [0.1, 0.15) is 5.70 Å². The van der Waals surface area contributed by atoms with Crippen molar-refractivity contribution in [2.75, 3.05) is 6.54 Å². The van der Waals surface area contributed by atoms with Crippen molar-refractivity contribution >= 4 is 29.5 Å². The van der Waals surface area contributed by atoms with E-state index >= 15 is 0 Å². The molecule has 0 radical (unpaired) electrons.